The Hall–Kier alpha value is -0.0400. The van der Waals surface area contributed by atoms with Gasteiger partial charge in [0.2, 0.25) is 0 Å². The third-order valence-electron chi connectivity index (χ3n) is 12.9. The van der Waals surface area contributed by atoms with E-state index in [1.54, 1.807) is 0 Å². The van der Waals surface area contributed by atoms with Gasteiger partial charge in [-0.2, -0.15) is 0 Å². The van der Waals surface area contributed by atoms with Crippen LogP contribution in [0.2, 0.25) is 0 Å². The summed E-state index contributed by atoms with van der Waals surface area (Å²) in [5, 5.41) is 0. The first-order valence-electron chi connectivity index (χ1n) is 27.3. The molecule has 0 aromatic heterocycles. The molecular weight excluding hydrogens is 677 g/mol. The van der Waals surface area contributed by atoms with Gasteiger partial charge in [-0.15, -0.1) is 0 Å². The molecule has 1 nitrogen and oxygen atoms in total. The second-order valence-corrected chi connectivity index (χ2v) is 18.8. The fourth-order valence-corrected chi connectivity index (χ4v) is 8.86. The molecule has 0 aliphatic carbocycles. The van der Waals surface area contributed by atoms with E-state index in [2.05, 4.69) is 20.5 Å². The van der Waals surface area contributed by atoms with Crippen molar-refractivity contribution in [3.8, 4) is 0 Å². The van der Waals surface area contributed by atoms with E-state index in [-0.39, 0.29) is 0 Å². The average Bonchev–Trinajstić information content (AvgIpc) is 3.21. The maximum absolute atomic E-state index is 5.82. The molecule has 0 bridgehead atoms. The molecule has 0 aromatic carbocycles. The number of hydrogen-bond donors (Lipinski definition) is 0. The Morgan fingerprint density at radius 1 is 0.196 bits per heavy atom. The molecule has 0 rings (SSSR count). The minimum absolute atomic E-state index is 0.943. The molecular formula is C55H111O. The zero-order chi connectivity index (χ0) is 40.2. The van der Waals surface area contributed by atoms with Crippen molar-refractivity contribution >= 4 is 0 Å². The molecule has 0 unspecified atom stereocenters. The van der Waals surface area contributed by atoms with Crippen molar-refractivity contribution in [3.05, 3.63) is 6.61 Å². The summed E-state index contributed by atoms with van der Waals surface area (Å²) in [4.78, 5) is 0. The highest BCUT2D eigenvalue weighted by molar-refractivity contribution is 4.56. The highest BCUT2D eigenvalue weighted by Crippen LogP contribution is 2.18. The average molecular weight is 788 g/mol. The molecule has 1 radical (unpaired) electrons. The molecule has 1 heteroatoms. The SMILES string of the molecule is CCCCCCCCCCCCCCCCCCCCCCCCCCC[CH]OCCCCCCCCCCCCCCCCCCCCCCCCCCC. The van der Waals surface area contributed by atoms with Crippen LogP contribution in [0.3, 0.4) is 0 Å². The Labute approximate surface area is 358 Å². The van der Waals surface area contributed by atoms with Gasteiger partial charge in [-0.1, -0.05) is 328 Å². The molecule has 0 spiro atoms. The van der Waals surface area contributed by atoms with Gasteiger partial charge in [-0.25, -0.2) is 0 Å². The van der Waals surface area contributed by atoms with Gasteiger partial charge in [0.1, 0.15) is 0 Å². The van der Waals surface area contributed by atoms with Gasteiger partial charge in [0, 0.05) is 6.61 Å². The number of rotatable bonds is 53. The number of hydrogen-bond acceptors (Lipinski definition) is 1. The summed E-state index contributed by atoms with van der Waals surface area (Å²) in [6, 6.07) is 0. The highest BCUT2D eigenvalue weighted by atomic mass is 16.5. The summed E-state index contributed by atoms with van der Waals surface area (Å²) < 4.78 is 5.82. The maximum atomic E-state index is 5.82. The Morgan fingerprint density at radius 2 is 0.357 bits per heavy atom. The lowest BCUT2D eigenvalue weighted by atomic mass is 10.0. The van der Waals surface area contributed by atoms with Crippen LogP contribution in [-0.2, 0) is 4.74 Å². The van der Waals surface area contributed by atoms with Gasteiger partial charge in [0.15, 0.2) is 0 Å². The fourth-order valence-electron chi connectivity index (χ4n) is 8.86. The molecule has 0 saturated carbocycles. The lowest BCUT2D eigenvalue weighted by Gasteiger charge is -2.05. The van der Waals surface area contributed by atoms with Crippen LogP contribution in [0.15, 0.2) is 0 Å². The van der Waals surface area contributed by atoms with Crippen LogP contribution < -0.4 is 0 Å². The minimum Gasteiger partial charge on any atom is -0.376 e. The summed E-state index contributed by atoms with van der Waals surface area (Å²) in [6.45, 7) is 7.67. The number of ether oxygens (including phenoxy) is 1. The largest absolute Gasteiger partial charge is 0.376 e. The highest BCUT2D eigenvalue weighted by Gasteiger charge is 1.99. The minimum atomic E-state index is 0.943. The predicted octanol–water partition coefficient (Wildman–Crippen LogP) is 21.1. The standard InChI is InChI=1S/C55H111O/c1-3-5-7-9-11-13-15-17-19-21-23-25-27-29-31-33-35-37-39-41-43-45-47-49-51-53-55-56-54-52-50-48-46-44-42-40-38-36-34-32-30-28-26-24-22-20-18-16-14-12-10-8-6-4-2/h55H,3-54H2,1-2H3. The first-order chi connectivity index (χ1) is 27.9. The van der Waals surface area contributed by atoms with Gasteiger partial charge in [-0.3, -0.25) is 0 Å². The van der Waals surface area contributed by atoms with Crippen molar-refractivity contribution < 1.29 is 4.74 Å². The van der Waals surface area contributed by atoms with Gasteiger partial charge in [0.25, 0.3) is 0 Å². The molecule has 0 amide bonds. The molecule has 56 heavy (non-hydrogen) atoms. The lowest BCUT2D eigenvalue weighted by Crippen LogP contribution is -1.92. The van der Waals surface area contributed by atoms with E-state index in [1.807, 2.05) is 0 Å². The van der Waals surface area contributed by atoms with Crippen LogP contribution in [-0.4, -0.2) is 6.61 Å². The van der Waals surface area contributed by atoms with Gasteiger partial charge in [0.05, 0.1) is 6.61 Å². The van der Waals surface area contributed by atoms with Crippen molar-refractivity contribution in [2.45, 2.75) is 341 Å². The van der Waals surface area contributed by atoms with Crippen LogP contribution in [0, 0.1) is 6.61 Å². The van der Waals surface area contributed by atoms with Crippen molar-refractivity contribution in [2.24, 2.45) is 0 Å². The van der Waals surface area contributed by atoms with Gasteiger partial charge in [-0.05, 0) is 12.8 Å². The van der Waals surface area contributed by atoms with E-state index in [0.29, 0.717) is 0 Å². The first-order valence-corrected chi connectivity index (χ1v) is 27.3. The van der Waals surface area contributed by atoms with Crippen LogP contribution >= 0.6 is 0 Å². The molecule has 0 aliphatic heterocycles. The van der Waals surface area contributed by atoms with Crippen LogP contribution in [0.1, 0.15) is 341 Å². The third kappa shape index (κ3) is 54.0. The van der Waals surface area contributed by atoms with E-state index in [0.717, 1.165) is 13.0 Å². The summed E-state index contributed by atoms with van der Waals surface area (Å²) in [6.07, 6.45) is 74.0. The van der Waals surface area contributed by atoms with Crippen molar-refractivity contribution in [2.75, 3.05) is 6.61 Å². The zero-order valence-corrected chi connectivity index (χ0v) is 39.8. The molecule has 0 fully saturated rings. The molecule has 0 N–H and O–H groups in total. The second kappa shape index (κ2) is 55.0. The van der Waals surface area contributed by atoms with Gasteiger partial charge >= 0.3 is 0 Å². The summed E-state index contributed by atoms with van der Waals surface area (Å²) in [5.41, 5.74) is 0. The summed E-state index contributed by atoms with van der Waals surface area (Å²) >= 11 is 0. The van der Waals surface area contributed by atoms with Crippen LogP contribution in [0.5, 0.6) is 0 Å². The summed E-state index contributed by atoms with van der Waals surface area (Å²) in [5.74, 6) is 0. The Balaban J connectivity index is 3.05. The van der Waals surface area contributed by atoms with E-state index >= 15 is 0 Å². The molecule has 0 aliphatic rings. The van der Waals surface area contributed by atoms with Crippen LogP contribution in [0.4, 0.5) is 0 Å². The van der Waals surface area contributed by atoms with E-state index in [9.17, 15) is 0 Å². The number of unbranched alkanes of at least 4 members (excludes halogenated alkanes) is 49. The Kier molecular flexibility index (Phi) is 54.9. The maximum Gasteiger partial charge on any atom is 0.0836 e. The second-order valence-electron chi connectivity index (χ2n) is 18.8. The van der Waals surface area contributed by atoms with E-state index < -0.39 is 0 Å². The Bertz CT molecular complexity index is 575. The first kappa shape index (κ1) is 56.0. The molecule has 0 aromatic rings. The third-order valence-corrected chi connectivity index (χ3v) is 12.9. The Morgan fingerprint density at radius 3 is 0.554 bits per heavy atom. The predicted molar refractivity (Wildman–Crippen MR) is 257 cm³/mol. The molecule has 0 atom stereocenters. The summed E-state index contributed by atoms with van der Waals surface area (Å²) in [7, 11) is 0. The van der Waals surface area contributed by atoms with E-state index in [1.165, 1.54) is 321 Å². The smallest absolute Gasteiger partial charge is 0.0836 e. The van der Waals surface area contributed by atoms with Crippen molar-refractivity contribution in [1.29, 1.82) is 0 Å². The normalized spacial score (nSPS) is 11.7. The monoisotopic (exact) mass is 788 g/mol. The van der Waals surface area contributed by atoms with Gasteiger partial charge < -0.3 is 4.74 Å². The van der Waals surface area contributed by atoms with E-state index in [4.69, 9.17) is 4.74 Å². The van der Waals surface area contributed by atoms with Crippen LogP contribution in [0.25, 0.3) is 0 Å². The molecule has 0 saturated heterocycles. The fraction of sp³-hybridized carbons (Fsp3) is 0.982. The zero-order valence-electron chi connectivity index (χ0n) is 39.8. The van der Waals surface area contributed by atoms with Crippen molar-refractivity contribution in [3.63, 3.8) is 0 Å². The quantitative estimate of drug-likeness (QED) is 0.0558. The topological polar surface area (TPSA) is 9.23 Å². The lowest BCUT2D eigenvalue weighted by molar-refractivity contribution is 0.183. The molecule has 0 heterocycles. The van der Waals surface area contributed by atoms with Crippen molar-refractivity contribution in [1.82, 2.24) is 0 Å². The molecule has 337 valence electrons.